The van der Waals surface area contributed by atoms with Crippen LogP contribution in [0.1, 0.15) is 104 Å². The van der Waals surface area contributed by atoms with E-state index in [-0.39, 0.29) is 0 Å². The summed E-state index contributed by atoms with van der Waals surface area (Å²) in [5.74, 6) is 2.47. The van der Waals surface area contributed by atoms with Crippen LogP contribution >= 0.6 is 0 Å². The van der Waals surface area contributed by atoms with E-state index in [1.54, 1.807) is 0 Å². The van der Waals surface area contributed by atoms with Gasteiger partial charge in [0.1, 0.15) is 5.75 Å². The van der Waals surface area contributed by atoms with E-state index in [0.29, 0.717) is 11.3 Å². The standard InChI is InChI=1S/C32H48O/c1-5-12-27(4)32(22-9-7-10-23-32)24-11-8-13-28-14-16-29(17-15-28)30-18-20-31(21-19-30)33-25-26(3)6-2/h14-21,26-27H,5-13,22-25H2,1-4H3/t26-,27?/m0/s1. The van der Waals surface area contributed by atoms with Gasteiger partial charge in [0.2, 0.25) is 0 Å². The molecule has 0 saturated heterocycles. The Labute approximate surface area is 204 Å². The van der Waals surface area contributed by atoms with E-state index in [1.807, 2.05) is 0 Å². The van der Waals surface area contributed by atoms with Crippen molar-refractivity contribution in [2.75, 3.05) is 6.61 Å². The highest BCUT2D eigenvalue weighted by Crippen LogP contribution is 2.48. The molecule has 0 bridgehead atoms. The minimum Gasteiger partial charge on any atom is -0.493 e. The van der Waals surface area contributed by atoms with Crippen LogP contribution in [-0.2, 0) is 6.42 Å². The van der Waals surface area contributed by atoms with Gasteiger partial charge in [0.25, 0.3) is 0 Å². The van der Waals surface area contributed by atoms with Crippen molar-refractivity contribution in [1.29, 1.82) is 0 Å². The largest absolute Gasteiger partial charge is 0.493 e. The zero-order chi connectivity index (χ0) is 23.5. The van der Waals surface area contributed by atoms with Crippen molar-refractivity contribution in [2.45, 2.75) is 105 Å². The first-order valence-corrected chi connectivity index (χ1v) is 13.9. The molecule has 2 aromatic rings. The zero-order valence-electron chi connectivity index (χ0n) is 21.9. The van der Waals surface area contributed by atoms with Crippen LogP contribution in [0.25, 0.3) is 11.1 Å². The Hall–Kier alpha value is -1.76. The van der Waals surface area contributed by atoms with E-state index in [2.05, 4.69) is 76.2 Å². The van der Waals surface area contributed by atoms with E-state index >= 15 is 0 Å². The SMILES string of the molecule is CCCC(C)C1(CCCCc2ccc(-c3ccc(OC[C@@H](C)CC)cc3)cc2)CCCCC1. The number of aryl methyl sites for hydroxylation is 1. The van der Waals surface area contributed by atoms with Crippen LogP contribution in [0.2, 0.25) is 0 Å². The van der Waals surface area contributed by atoms with Crippen molar-refractivity contribution in [3.63, 3.8) is 0 Å². The Kier molecular flexibility index (Phi) is 10.4. The smallest absolute Gasteiger partial charge is 0.119 e. The maximum atomic E-state index is 5.90. The molecule has 1 saturated carbocycles. The van der Waals surface area contributed by atoms with Gasteiger partial charge in [-0.15, -0.1) is 0 Å². The zero-order valence-corrected chi connectivity index (χ0v) is 21.9. The van der Waals surface area contributed by atoms with Crippen LogP contribution in [-0.4, -0.2) is 6.61 Å². The van der Waals surface area contributed by atoms with E-state index in [0.717, 1.165) is 24.7 Å². The number of hydrogen-bond donors (Lipinski definition) is 0. The molecular formula is C32H48O. The molecule has 0 spiro atoms. The Morgan fingerprint density at radius 1 is 0.818 bits per heavy atom. The molecule has 1 fully saturated rings. The molecule has 0 amide bonds. The van der Waals surface area contributed by atoms with Crippen LogP contribution in [0.5, 0.6) is 5.75 Å². The van der Waals surface area contributed by atoms with Gasteiger partial charge in [0.05, 0.1) is 6.61 Å². The van der Waals surface area contributed by atoms with Gasteiger partial charge in [0.15, 0.2) is 0 Å². The summed E-state index contributed by atoms with van der Waals surface area (Å²) < 4.78 is 5.90. The van der Waals surface area contributed by atoms with E-state index in [9.17, 15) is 0 Å². The summed E-state index contributed by atoms with van der Waals surface area (Å²) in [7, 11) is 0. The molecule has 2 aromatic carbocycles. The lowest BCUT2D eigenvalue weighted by atomic mass is 9.63. The van der Waals surface area contributed by atoms with Gasteiger partial charge in [-0.1, -0.05) is 109 Å². The average molecular weight is 449 g/mol. The summed E-state index contributed by atoms with van der Waals surface area (Å²) in [6.45, 7) is 10.1. The highest BCUT2D eigenvalue weighted by molar-refractivity contribution is 5.64. The lowest BCUT2D eigenvalue weighted by molar-refractivity contribution is 0.0845. The first-order valence-electron chi connectivity index (χ1n) is 13.9. The predicted octanol–water partition coefficient (Wildman–Crippen LogP) is 9.88. The van der Waals surface area contributed by atoms with E-state index < -0.39 is 0 Å². The predicted molar refractivity (Wildman–Crippen MR) is 144 cm³/mol. The molecule has 33 heavy (non-hydrogen) atoms. The second kappa shape index (κ2) is 13.2. The minimum atomic E-state index is 0.602. The molecule has 0 heterocycles. The normalized spacial score (nSPS) is 17.5. The third-order valence-electron chi connectivity index (χ3n) is 8.38. The number of hydrogen-bond acceptors (Lipinski definition) is 1. The highest BCUT2D eigenvalue weighted by Gasteiger charge is 2.35. The first kappa shape index (κ1) is 25.9. The topological polar surface area (TPSA) is 9.23 Å². The fourth-order valence-electron chi connectivity index (χ4n) is 5.75. The molecule has 1 aliphatic carbocycles. The van der Waals surface area contributed by atoms with Crippen molar-refractivity contribution in [1.82, 2.24) is 0 Å². The third-order valence-corrected chi connectivity index (χ3v) is 8.38. The second-order valence-electron chi connectivity index (χ2n) is 10.9. The minimum absolute atomic E-state index is 0.602. The number of rotatable bonds is 13. The summed E-state index contributed by atoms with van der Waals surface area (Å²) in [5, 5.41) is 0. The Morgan fingerprint density at radius 3 is 2.06 bits per heavy atom. The van der Waals surface area contributed by atoms with Gasteiger partial charge in [-0.2, -0.15) is 0 Å². The fourth-order valence-corrected chi connectivity index (χ4v) is 5.75. The number of benzene rings is 2. The third kappa shape index (κ3) is 7.62. The van der Waals surface area contributed by atoms with Crippen LogP contribution in [0.4, 0.5) is 0 Å². The van der Waals surface area contributed by atoms with Crippen LogP contribution in [0.3, 0.4) is 0 Å². The van der Waals surface area contributed by atoms with Crippen molar-refractivity contribution >= 4 is 0 Å². The van der Waals surface area contributed by atoms with Gasteiger partial charge >= 0.3 is 0 Å². The molecular weight excluding hydrogens is 400 g/mol. The van der Waals surface area contributed by atoms with Crippen LogP contribution < -0.4 is 4.74 Å². The van der Waals surface area contributed by atoms with E-state index in [1.165, 1.54) is 87.3 Å². The molecule has 182 valence electrons. The molecule has 1 heteroatoms. The molecule has 1 aliphatic rings. The average Bonchev–Trinajstić information content (AvgIpc) is 2.86. The van der Waals surface area contributed by atoms with Crippen molar-refractivity contribution in [3.05, 3.63) is 54.1 Å². The molecule has 3 rings (SSSR count). The maximum absolute atomic E-state index is 5.90. The van der Waals surface area contributed by atoms with Crippen molar-refractivity contribution in [3.8, 4) is 16.9 Å². The van der Waals surface area contributed by atoms with Crippen LogP contribution in [0, 0.1) is 17.3 Å². The van der Waals surface area contributed by atoms with Crippen LogP contribution in [0.15, 0.2) is 48.5 Å². The fraction of sp³-hybridized carbons (Fsp3) is 0.625. The van der Waals surface area contributed by atoms with Gasteiger partial charge in [0, 0.05) is 0 Å². The quantitative estimate of drug-likeness (QED) is 0.277. The Morgan fingerprint density at radius 2 is 1.45 bits per heavy atom. The van der Waals surface area contributed by atoms with Gasteiger partial charge in [-0.25, -0.2) is 0 Å². The lowest BCUT2D eigenvalue weighted by Gasteiger charge is -2.43. The summed E-state index contributed by atoms with van der Waals surface area (Å²) in [5.41, 5.74) is 4.68. The summed E-state index contributed by atoms with van der Waals surface area (Å²) in [4.78, 5) is 0. The molecule has 2 atom stereocenters. The van der Waals surface area contributed by atoms with E-state index in [4.69, 9.17) is 4.74 Å². The summed E-state index contributed by atoms with van der Waals surface area (Å²) >= 11 is 0. The molecule has 1 nitrogen and oxygen atoms in total. The monoisotopic (exact) mass is 448 g/mol. The molecule has 1 unspecified atom stereocenters. The maximum Gasteiger partial charge on any atom is 0.119 e. The second-order valence-corrected chi connectivity index (χ2v) is 10.9. The molecule has 0 aliphatic heterocycles. The molecule has 0 aromatic heterocycles. The van der Waals surface area contributed by atoms with Gasteiger partial charge < -0.3 is 4.74 Å². The van der Waals surface area contributed by atoms with Crippen molar-refractivity contribution in [2.24, 2.45) is 17.3 Å². The summed E-state index contributed by atoms with van der Waals surface area (Å²) in [6.07, 6.45) is 16.6. The lowest BCUT2D eigenvalue weighted by Crippen LogP contribution is -2.31. The van der Waals surface area contributed by atoms with Gasteiger partial charge in [-0.05, 0) is 78.2 Å². The number of unbranched alkanes of at least 4 members (excludes halogenated alkanes) is 1. The molecule has 0 radical (unpaired) electrons. The Balaban J connectivity index is 1.47. The summed E-state index contributed by atoms with van der Waals surface area (Å²) in [6, 6.07) is 17.8. The first-order chi connectivity index (χ1) is 16.1. The van der Waals surface area contributed by atoms with Crippen molar-refractivity contribution < 1.29 is 4.74 Å². The molecule has 0 N–H and O–H groups in total. The highest BCUT2D eigenvalue weighted by atomic mass is 16.5. The number of ether oxygens (including phenoxy) is 1. The van der Waals surface area contributed by atoms with Gasteiger partial charge in [-0.3, -0.25) is 0 Å². The Bertz CT molecular complexity index is 782.